The fourth-order valence-electron chi connectivity index (χ4n) is 3.52. The summed E-state index contributed by atoms with van der Waals surface area (Å²) in [5.41, 5.74) is 2.34. The van der Waals surface area contributed by atoms with E-state index in [1.165, 1.54) is 30.2 Å². The summed E-state index contributed by atoms with van der Waals surface area (Å²) in [6, 6.07) is 12.5. The number of anilines is 1. The Bertz CT molecular complexity index is 949. The SMILES string of the molecule is COC(=O)C1Cc2ccccc2CN1C(=O)CN(C)CC(=O)Nc1cccc(F)c1. The normalized spacial score (nSPS) is 15.5. The Balaban J connectivity index is 1.63. The van der Waals surface area contributed by atoms with Crippen LogP contribution < -0.4 is 5.32 Å². The second kappa shape index (κ2) is 9.49. The molecule has 1 atom stereocenters. The Morgan fingerprint density at radius 2 is 1.87 bits per heavy atom. The van der Waals surface area contributed by atoms with E-state index >= 15 is 0 Å². The van der Waals surface area contributed by atoms with Crippen molar-refractivity contribution in [1.29, 1.82) is 0 Å². The second-order valence-electron chi connectivity index (χ2n) is 7.26. The first kappa shape index (κ1) is 21.4. The third-order valence-electron chi connectivity index (χ3n) is 4.97. The van der Waals surface area contributed by atoms with Crippen LogP contribution in [0.5, 0.6) is 0 Å². The molecule has 0 bridgehead atoms. The molecule has 1 N–H and O–H groups in total. The van der Waals surface area contributed by atoms with Crippen molar-refractivity contribution in [2.24, 2.45) is 0 Å². The number of likely N-dealkylation sites (N-methyl/N-ethyl adjacent to an activating group) is 1. The number of rotatable bonds is 6. The molecule has 7 nitrogen and oxygen atoms in total. The molecule has 8 heteroatoms. The summed E-state index contributed by atoms with van der Waals surface area (Å²) in [6.07, 6.45) is 0.387. The highest BCUT2D eigenvalue weighted by atomic mass is 19.1. The first-order valence-corrected chi connectivity index (χ1v) is 9.55. The molecule has 1 aliphatic heterocycles. The molecule has 0 saturated carbocycles. The van der Waals surface area contributed by atoms with Gasteiger partial charge in [0, 0.05) is 18.7 Å². The van der Waals surface area contributed by atoms with Crippen LogP contribution in [-0.2, 0) is 32.1 Å². The first-order valence-electron chi connectivity index (χ1n) is 9.55. The summed E-state index contributed by atoms with van der Waals surface area (Å²) < 4.78 is 18.1. The van der Waals surface area contributed by atoms with Crippen molar-refractivity contribution in [3.63, 3.8) is 0 Å². The van der Waals surface area contributed by atoms with Crippen LogP contribution in [0.25, 0.3) is 0 Å². The first-order chi connectivity index (χ1) is 14.4. The van der Waals surface area contributed by atoms with E-state index in [1.807, 2.05) is 24.3 Å². The van der Waals surface area contributed by atoms with Gasteiger partial charge >= 0.3 is 5.97 Å². The van der Waals surface area contributed by atoms with E-state index in [0.717, 1.165) is 11.1 Å². The van der Waals surface area contributed by atoms with Crippen LogP contribution in [0, 0.1) is 5.82 Å². The molecule has 0 aliphatic carbocycles. The Hall–Kier alpha value is -3.26. The van der Waals surface area contributed by atoms with E-state index < -0.39 is 17.8 Å². The maximum Gasteiger partial charge on any atom is 0.328 e. The molecule has 158 valence electrons. The van der Waals surface area contributed by atoms with Crippen LogP contribution in [-0.4, -0.2) is 60.9 Å². The minimum absolute atomic E-state index is 0.0494. The molecule has 2 amide bonds. The molecule has 0 spiro atoms. The molecule has 1 heterocycles. The molecule has 1 unspecified atom stereocenters. The monoisotopic (exact) mass is 413 g/mol. The molecule has 0 fully saturated rings. The minimum Gasteiger partial charge on any atom is -0.467 e. The smallest absolute Gasteiger partial charge is 0.328 e. The van der Waals surface area contributed by atoms with Gasteiger partial charge in [-0.1, -0.05) is 30.3 Å². The van der Waals surface area contributed by atoms with Crippen molar-refractivity contribution in [3.8, 4) is 0 Å². The average Bonchev–Trinajstić information content (AvgIpc) is 2.71. The van der Waals surface area contributed by atoms with Gasteiger partial charge < -0.3 is 15.0 Å². The zero-order chi connectivity index (χ0) is 21.7. The van der Waals surface area contributed by atoms with Crippen LogP contribution in [0.4, 0.5) is 10.1 Å². The van der Waals surface area contributed by atoms with Crippen LogP contribution >= 0.6 is 0 Å². The molecule has 3 rings (SSSR count). The van der Waals surface area contributed by atoms with Gasteiger partial charge in [0.05, 0.1) is 20.2 Å². The van der Waals surface area contributed by atoms with Crippen LogP contribution in [0.2, 0.25) is 0 Å². The second-order valence-corrected chi connectivity index (χ2v) is 7.26. The van der Waals surface area contributed by atoms with E-state index in [2.05, 4.69) is 5.32 Å². The Morgan fingerprint density at radius 1 is 1.13 bits per heavy atom. The number of fused-ring (bicyclic) bond motifs is 1. The maximum absolute atomic E-state index is 13.2. The van der Waals surface area contributed by atoms with Gasteiger partial charge in [-0.2, -0.15) is 0 Å². The fraction of sp³-hybridized carbons (Fsp3) is 0.318. The standard InChI is InChI=1S/C22H24FN3O4/c1-25(13-20(27)24-18-9-5-8-17(23)11-18)14-21(28)26-12-16-7-4-3-6-15(16)10-19(26)22(29)30-2/h3-9,11,19H,10,12-14H2,1-2H3,(H,24,27). The number of ether oxygens (including phenoxy) is 1. The number of carbonyl (C=O) groups excluding carboxylic acids is 3. The summed E-state index contributed by atoms with van der Waals surface area (Å²) in [4.78, 5) is 40.4. The van der Waals surface area contributed by atoms with Crippen LogP contribution in [0.15, 0.2) is 48.5 Å². The largest absolute Gasteiger partial charge is 0.467 e. The molecule has 0 saturated heterocycles. The minimum atomic E-state index is -0.702. The van der Waals surface area contributed by atoms with Crippen LogP contribution in [0.3, 0.4) is 0 Å². The Labute approximate surface area is 174 Å². The van der Waals surface area contributed by atoms with Crippen molar-refractivity contribution in [3.05, 3.63) is 65.5 Å². The summed E-state index contributed by atoms with van der Waals surface area (Å²) in [7, 11) is 2.93. The third-order valence-corrected chi connectivity index (χ3v) is 4.97. The highest BCUT2D eigenvalue weighted by molar-refractivity contribution is 5.93. The lowest BCUT2D eigenvalue weighted by Crippen LogP contribution is -2.52. The van der Waals surface area contributed by atoms with Crippen molar-refractivity contribution in [2.45, 2.75) is 19.0 Å². The molecular weight excluding hydrogens is 389 g/mol. The van der Waals surface area contributed by atoms with E-state index in [-0.39, 0.29) is 24.9 Å². The maximum atomic E-state index is 13.2. The summed E-state index contributed by atoms with van der Waals surface area (Å²) >= 11 is 0. The highest BCUT2D eigenvalue weighted by Gasteiger charge is 2.35. The Kier molecular flexibility index (Phi) is 6.79. The van der Waals surface area contributed by atoms with Crippen LogP contribution in [0.1, 0.15) is 11.1 Å². The molecule has 0 aromatic heterocycles. The number of hydrogen-bond acceptors (Lipinski definition) is 5. The predicted octanol–water partition coefficient (Wildman–Crippen LogP) is 1.82. The van der Waals surface area contributed by atoms with Crippen molar-refractivity contribution in [2.75, 3.05) is 32.6 Å². The lowest BCUT2D eigenvalue weighted by molar-refractivity contribution is -0.154. The van der Waals surface area contributed by atoms with E-state index in [0.29, 0.717) is 18.7 Å². The predicted molar refractivity (Wildman–Crippen MR) is 109 cm³/mol. The molecular formula is C22H24FN3O4. The number of carbonyl (C=O) groups is 3. The number of amides is 2. The van der Waals surface area contributed by atoms with E-state index in [1.54, 1.807) is 18.0 Å². The zero-order valence-electron chi connectivity index (χ0n) is 16.9. The summed E-state index contributed by atoms with van der Waals surface area (Å²) in [5, 5.41) is 2.60. The molecule has 0 radical (unpaired) electrons. The number of hydrogen-bond donors (Lipinski definition) is 1. The van der Waals surface area contributed by atoms with E-state index in [4.69, 9.17) is 4.74 Å². The third kappa shape index (κ3) is 5.21. The topological polar surface area (TPSA) is 79.0 Å². The number of benzene rings is 2. The highest BCUT2D eigenvalue weighted by Crippen LogP contribution is 2.24. The van der Waals surface area contributed by atoms with Crippen molar-refractivity contribution in [1.82, 2.24) is 9.80 Å². The molecule has 2 aromatic rings. The zero-order valence-corrected chi connectivity index (χ0v) is 16.9. The number of nitrogens with one attached hydrogen (secondary N) is 1. The fourth-order valence-corrected chi connectivity index (χ4v) is 3.52. The molecule has 30 heavy (non-hydrogen) atoms. The van der Waals surface area contributed by atoms with Gasteiger partial charge in [-0.05, 0) is 36.4 Å². The lowest BCUT2D eigenvalue weighted by atomic mass is 9.94. The van der Waals surface area contributed by atoms with Gasteiger partial charge in [0.15, 0.2) is 0 Å². The molecule has 2 aromatic carbocycles. The number of esters is 1. The van der Waals surface area contributed by atoms with Gasteiger partial charge in [0.2, 0.25) is 11.8 Å². The average molecular weight is 413 g/mol. The summed E-state index contributed by atoms with van der Waals surface area (Å²) in [6.45, 7) is 0.194. The van der Waals surface area contributed by atoms with Gasteiger partial charge in [0.1, 0.15) is 11.9 Å². The van der Waals surface area contributed by atoms with Gasteiger partial charge in [-0.3, -0.25) is 14.5 Å². The van der Waals surface area contributed by atoms with E-state index in [9.17, 15) is 18.8 Å². The quantitative estimate of drug-likeness (QED) is 0.731. The Morgan fingerprint density at radius 3 is 2.57 bits per heavy atom. The summed E-state index contributed by atoms with van der Waals surface area (Å²) in [5.74, 6) is -1.56. The van der Waals surface area contributed by atoms with Gasteiger partial charge in [0.25, 0.3) is 0 Å². The lowest BCUT2D eigenvalue weighted by Gasteiger charge is -2.36. The molecule has 1 aliphatic rings. The number of methoxy groups -OCH3 is 1. The number of halogens is 1. The number of nitrogens with zero attached hydrogens (tertiary/aromatic N) is 2. The van der Waals surface area contributed by atoms with Crippen molar-refractivity contribution >= 4 is 23.5 Å². The van der Waals surface area contributed by atoms with Gasteiger partial charge in [-0.15, -0.1) is 0 Å². The van der Waals surface area contributed by atoms with Gasteiger partial charge in [-0.25, -0.2) is 9.18 Å². The van der Waals surface area contributed by atoms with Crippen molar-refractivity contribution < 1.29 is 23.5 Å².